The molecule has 22 heavy (non-hydrogen) atoms. The van der Waals surface area contributed by atoms with E-state index in [-0.39, 0.29) is 0 Å². The van der Waals surface area contributed by atoms with Crippen LogP contribution in [0.2, 0.25) is 0 Å². The van der Waals surface area contributed by atoms with Crippen LogP contribution in [-0.4, -0.2) is 19.4 Å². The van der Waals surface area contributed by atoms with E-state index in [0.29, 0.717) is 19.1 Å². The molecule has 0 saturated carbocycles. The first-order valence-corrected chi connectivity index (χ1v) is 9.27. The fourth-order valence-electron chi connectivity index (χ4n) is 2.19. The number of carbonyl (C=O) groups is 1. The molecule has 0 unspecified atom stereocenters. The van der Waals surface area contributed by atoms with Crippen LogP contribution in [0.3, 0.4) is 0 Å². The Morgan fingerprint density at radius 2 is 1.82 bits per heavy atom. The van der Waals surface area contributed by atoms with Gasteiger partial charge in [-0.15, -0.1) is 0 Å². The average molecular weight is 418 g/mol. The summed E-state index contributed by atoms with van der Waals surface area (Å²) in [5, 5.41) is 0. The maximum Gasteiger partial charge on any atom is 0.508 e. The standard InChI is InChI=1S/C18H27IO3/c1-3-5-6-7-12-21-18(20)22-14-15(4-2)13-16-8-10-17(19)11-9-16/h8-11,15H,3-7,12-14H2,1-2H3/t15-/m0/s1. The molecular formula is C18H27IO3. The van der Waals surface area contributed by atoms with Gasteiger partial charge in [0.05, 0.1) is 13.2 Å². The molecule has 0 N–H and O–H groups in total. The summed E-state index contributed by atoms with van der Waals surface area (Å²) in [5.41, 5.74) is 1.28. The van der Waals surface area contributed by atoms with Gasteiger partial charge in [-0.2, -0.15) is 0 Å². The van der Waals surface area contributed by atoms with E-state index < -0.39 is 6.16 Å². The van der Waals surface area contributed by atoms with Crippen molar-refractivity contribution in [3.8, 4) is 0 Å². The fourth-order valence-corrected chi connectivity index (χ4v) is 2.55. The van der Waals surface area contributed by atoms with Gasteiger partial charge in [0.25, 0.3) is 0 Å². The second kappa shape index (κ2) is 11.7. The zero-order valence-corrected chi connectivity index (χ0v) is 15.8. The van der Waals surface area contributed by atoms with E-state index in [9.17, 15) is 4.79 Å². The van der Waals surface area contributed by atoms with Crippen molar-refractivity contribution < 1.29 is 14.3 Å². The summed E-state index contributed by atoms with van der Waals surface area (Å²) < 4.78 is 11.6. The highest BCUT2D eigenvalue weighted by Gasteiger charge is 2.12. The second-order valence-electron chi connectivity index (χ2n) is 5.57. The maximum absolute atomic E-state index is 11.5. The van der Waals surface area contributed by atoms with Crippen molar-refractivity contribution in [1.82, 2.24) is 0 Å². The minimum absolute atomic E-state index is 0.340. The molecule has 0 amide bonds. The van der Waals surface area contributed by atoms with Crippen LogP contribution in [0, 0.1) is 9.49 Å². The van der Waals surface area contributed by atoms with E-state index in [4.69, 9.17) is 9.47 Å². The van der Waals surface area contributed by atoms with Crippen molar-refractivity contribution >= 4 is 28.7 Å². The van der Waals surface area contributed by atoms with E-state index in [1.54, 1.807) is 0 Å². The molecule has 0 radical (unpaired) electrons. The highest BCUT2D eigenvalue weighted by atomic mass is 127. The van der Waals surface area contributed by atoms with E-state index in [1.807, 2.05) is 0 Å². The molecule has 124 valence electrons. The van der Waals surface area contributed by atoms with Gasteiger partial charge in [-0.25, -0.2) is 4.79 Å². The first kappa shape index (κ1) is 19.3. The summed E-state index contributed by atoms with van der Waals surface area (Å²) in [6.07, 6.45) is 5.77. The molecule has 0 heterocycles. The van der Waals surface area contributed by atoms with Gasteiger partial charge in [0, 0.05) is 3.57 Å². The largest absolute Gasteiger partial charge is 0.508 e. The topological polar surface area (TPSA) is 35.5 Å². The van der Waals surface area contributed by atoms with Crippen LogP contribution in [0.4, 0.5) is 4.79 Å². The monoisotopic (exact) mass is 418 g/mol. The summed E-state index contributed by atoms with van der Waals surface area (Å²) in [5.74, 6) is 0.340. The average Bonchev–Trinajstić information content (AvgIpc) is 2.53. The third-order valence-electron chi connectivity index (χ3n) is 3.67. The molecule has 0 spiro atoms. The van der Waals surface area contributed by atoms with Gasteiger partial charge in [0.15, 0.2) is 0 Å². The second-order valence-corrected chi connectivity index (χ2v) is 6.82. The number of carbonyl (C=O) groups excluding carboxylic acids is 1. The number of unbranched alkanes of at least 4 members (excludes halogenated alkanes) is 3. The van der Waals surface area contributed by atoms with Crippen molar-refractivity contribution in [2.45, 2.75) is 52.4 Å². The number of hydrogen-bond acceptors (Lipinski definition) is 3. The van der Waals surface area contributed by atoms with Crippen LogP contribution in [0.5, 0.6) is 0 Å². The predicted octanol–water partition coefficient (Wildman–Crippen LogP) is 5.59. The molecule has 3 nitrogen and oxygen atoms in total. The van der Waals surface area contributed by atoms with Crippen LogP contribution in [0.25, 0.3) is 0 Å². The van der Waals surface area contributed by atoms with Crippen LogP contribution in [0.15, 0.2) is 24.3 Å². The van der Waals surface area contributed by atoms with Crippen molar-refractivity contribution in [2.24, 2.45) is 5.92 Å². The fraction of sp³-hybridized carbons (Fsp3) is 0.611. The van der Waals surface area contributed by atoms with E-state index in [2.05, 4.69) is 60.7 Å². The Morgan fingerprint density at radius 3 is 2.45 bits per heavy atom. The van der Waals surface area contributed by atoms with Crippen molar-refractivity contribution in [3.63, 3.8) is 0 Å². The van der Waals surface area contributed by atoms with Gasteiger partial charge >= 0.3 is 6.16 Å². The van der Waals surface area contributed by atoms with Crippen LogP contribution in [-0.2, 0) is 15.9 Å². The number of hydrogen-bond donors (Lipinski definition) is 0. The van der Waals surface area contributed by atoms with E-state index in [1.165, 1.54) is 22.0 Å². The Kier molecular flexibility index (Phi) is 10.3. The third-order valence-corrected chi connectivity index (χ3v) is 4.39. The van der Waals surface area contributed by atoms with Crippen molar-refractivity contribution in [1.29, 1.82) is 0 Å². The molecule has 4 heteroatoms. The molecule has 1 atom stereocenters. The smallest absolute Gasteiger partial charge is 0.434 e. The Labute approximate surface area is 147 Å². The molecular weight excluding hydrogens is 391 g/mol. The Balaban J connectivity index is 2.22. The predicted molar refractivity (Wildman–Crippen MR) is 98.1 cm³/mol. The molecule has 0 bridgehead atoms. The summed E-state index contributed by atoms with van der Waals surface area (Å²) >= 11 is 2.30. The van der Waals surface area contributed by atoms with Gasteiger partial charge in [-0.05, 0) is 65.5 Å². The Bertz CT molecular complexity index is 417. The van der Waals surface area contributed by atoms with E-state index in [0.717, 1.165) is 25.7 Å². The minimum Gasteiger partial charge on any atom is -0.434 e. The summed E-state index contributed by atoms with van der Waals surface area (Å²) in [4.78, 5) is 11.5. The molecule has 1 rings (SSSR count). The van der Waals surface area contributed by atoms with Crippen LogP contribution in [0.1, 0.15) is 51.5 Å². The highest BCUT2D eigenvalue weighted by Crippen LogP contribution is 2.15. The molecule has 1 aromatic carbocycles. The van der Waals surface area contributed by atoms with Gasteiger partial charge in [-0.1, -0.05) is 45.2 Å². The number of ether oxygens (including phenoxy) is 2. The molecule has 0 aromatic heterocycles. The molecule has 0 fully saturated rings. The normalized spacial score (nSPS) is 12.0. The molecule has 0 saturated heterocycles. The summed E-state index contributed by atoms with van der Waals surface area (Å²) in [7, 11) is 0. The highest BCUT2D eigenvalue weighted by molar-refractivity contribution is 14.1. The lowest BCUT2D eigenvalue weighted by atomic mass is 9.98. The molecule has 0 aliphatic heterocycles. The van der Waals surface area contributed by atoms with Crippen LogP contribution < -0.4 is 0 Å². The number of halogens is 1. The quantitative estimate of drug-likeness (QED) is 0.282. The zero-order valence-electron chi connectivity index (χ0n) is 13.6. The van der Waals surface area contributed by atoms with Gasteiger partial charge < -0.3 is 9.47 Å². The van der Waals surface area contributed by atoms with Crippen molar-refractivity contribution in [3.05, 3.63) is 33.4 Å². The minimum atomic E-state index is -0.530. The maximum atomic E-state index is 11.5. The first-order chi connectivity index (χ1) is 10.7. The zero-order chi connectivity index (χ0) is 16.2. The first-order valence-electron chi connectivity index (χ1n) is 8.19. The van der Waals surface area contributed by atoms with Gasteiger partial charge in [-0.3, -0.25) is 0 Å². The summed E-state index contributed by atoms with van der Waals surface area (Å²) in [6.45, 7) is 5.17. The van der Waals surface area contributed by atoms with Crippen LogP contribution >= 0.6 is 22.6 Å². The summed E-state index contributed by atoms with van der Waals surface area (Å²) in [6, 6.07) is 8.48. The number of rotatable bonds is 10. The SMILES string of the molecule is CCCCCCOC(=O)OC[C@@H](CC)Cc1ccc(I)cc1. The van der Waals surface area contributed by atoms with Gasteiger partial charge in [0.2, 0.25) is 0 Å². The molecule has 1 aromatic rings. The lowest BCUT2D eigenvalue weighted by Crippen LogP contribution is -2.17. The van der Waals surface area contributed by atoms with E-state index >= 15 is 0 Å². The Hall–Kier alpha value is -0.780. The third kappa shape index (κ3) is 8.61. The van der Waals surface area contributed by atoms with Gasteiger partial charge in [0.1, 0.15) is 0 Å². The van der Waals surface area contributed by atoms with Crippen molar-refractivity contribution in [2.75, 3.05) is 13.2 Å². The molecule has 0 aliphatic carbocycles. The Morgan fingerprint density at radius 1 is 1.09 bits per heavy atom. The lowest BCUT2D eigenvalue weighted by molar-refractivity contribution is 0.0427. The lowest BCUT2D eigenvalue weighted by Gasteiger charge is -2.15. The number of benzene rings is 1. The molecule has 0 aliphatic rings.